The lowest BCUT2D eigenvalue weighted by Crippen LogP contribution is -2.32. The summed E-state index contributed by atoms with van der Waals surface area (Å²) in [4.78, 5) is 11.3. The van der Waals surface area contributed by atoms with Gasteiger partial charge in [-0.1, -0.05) is 11.8 Å². The second kappa shape index (κ2) is 6.83. The van der Waals surface area contributed by atoms with Crippen LogP contribution < -0.4 is 5.32 Å². The Bertz CT molecular complexity index is 535. The number of hydrogen-bond donors (Lipinski definition) is 3. The fourth-order valence-corrected chi connectivity index (χ4v) is 1.37. The lowest BCUT2D eigenvalue weighted by atomic mass is 10.1. The van der Waals surface area contributed by atoms with Gasteiger partial charge in [0.25, 0.3) is 0 Å². The largest absolute Gasteiger partial charge is 0.508 e. The molecule has 0 spiro atoms. The number of aliphatic hydroxyl groups is 1. The topological polar surface area (TPSA) is 78.8 Å². The molecule has 0 aromatic heterocycles. The monoisotopic (exact) mass is 277 g/mol. The number of carbonyl (C=O) groups is 1. The van der Waals surface area contributed by atoms with Crippen LogP contribution in [0.3, 0.4) is 0 Å². The standard InChI is InChI=1S/C15H19NO4/c1-15(2,3)20-14(19)16-8-4-5-11-6-7-13(18)12(9-11)10-17/h6-7,9,17-18H,8,10H2,1-3H3,(H,16,19). The molecule has 0 aliphatic heterocycles. The number of nitrogens with one attached hydrogen (secondary N) is 1. The van der Waals surface area contributed by atoms with Gasteiger partial charge in [-0.15, -0.1) is 0 Å². The van der Waals surface area contributed by atoms with Crippen LogP contribution in [0.1, 0.15) is 31.9 Å². The maximum absolute atomic E-state index is 11.3. The minimum Gasteiger partial charge on any atom is -0.508 e. The van der Waals surface area contributed by atoms with Crippen molar-refractivity contribution < 1.29 is 19.7 Å². The molecule has 3 N–H and O–H groups in total. The van der Waals surface area contributed by atoms with Crippen molar-refractivity contribution in [3.05, 3.63) is 29.3 Å². The molecular weight excluding hydrogens is 258 g/mol. The van der Waals surface area contributed by atoms with E-state index in [1.54, 1.807) is 32.9 Å². The van der Waals surface area contributed by atoms with Gasteiger partial charge in [0.2, 0.25) is 0 Å². The van der Waals surface area contributed by atoms with E-state index in [9.17, 15) is 9.90 Å². The Morgan fingerprint density at radius 2 is 2.10 bits per heavy atom. The Morgan fingerprint density at radius 1 is 1.40 bits per heavy atom. The first-order chi connectivity index (χ1) is 9.31. The summed E-state index contributed by atoms with van der Waals surface area (Å²) >= 11 is 0. The first-order valence-electron chi connectivity index (χ1n) is 6.20. The lowest BCUT2D eigenvalue weighted by Gasteiger charge is -2.18. The number of hydrogen-bond acceptors (Lipinski definition) is 4. The SMILES string of the molecule is CC(C)(C)OC(=O)NCC#Cc1ccc(O)c(CO)c1. The van der Waals surface area contributed by atoms with Gasteiger partial charge in [0.15, 0.2) is 0 Å². The summed E-state index contributed by atoms with van der Waals surface area (Å²) in [5.41, 5.74) is 0.527. The van der Waals surface area contributed by atoms with E-state index < -0.39 is 11.7 Å². The summed E-state index contributed by atoms with van der Waals surface area (Å²) in [5, 5.41) is 20.9. The van der Waals surface area contributed by atoms with Crippen molar-refractivity contribution in [2.24, 2.45) is 0 Å². The molecule has 0 bridgehead atoms. The van der Waals surface area contributed by atoms with Crippen LogP contribution in [-0.4, -0.2) is 28.5 Å². The molecule has 0 aliphatic carbocycles. The predicted molar refractivity (Wildman–Crippen MR) is 75.1 cm³/mol. The van der Waals surface area contributed by atoms with Gasteiger partial charge >= 0.3 is 6.09 Å². The normalized spacial score (nSPS) is 10.4. The number of aromatic hydroxyl groups is 1. The Kier molecular flexibility index (Phi) is 5.42. The van der Waals surface area contributed by atoms with Gasteiger partial charge in [0.1, 0.15) is 11.4 Å². The quantitative estimate of drug-likeness (QED) is 0.720. The van der Waals surface area contributed by atoms with Gasteiger partial charge in [-0.2, -0.15) is 0 Å². The summed E-state index contributed by atoms with van der Waals surface area (Å²) in [7, 11) is 0. The second-order valence-electron chi connectivity index (χ2n) is 5.16. The molecule has 0 fully saturated rings. The molecular formula is C15H19NO4. The van der Waals surface area contributed by atoms with E-state index in [0.29, 0.717) is 11.1 Å². The van der Waals surface area contributed by atoms with Gasteiger partial charge in [-0.25, -0.2) is 4.79 Å². The molecule has 108 valence electrons. The predicted octanol–water partition coefficient (Wildman–Crippen LogP) is 1.76. The lowest BCUT2D eigenvalue weighted by molar-refractivity contribution is 0.0535. The van der Waals surface area contributed by atoms with E-state index in [4.69, 9.17) is 9.84 Å². The van der Waals surface area contributed by atoms with Crippen molar-refractivity contribution in [2.75, 3.05) is 6.54 Å². The van der Waals surface area contributed by atoms with Crippen molar-refractivity contribution in [1.29, 1.82) is 0 Å². The van der Waals surface area contributed by atoms with Crippen molar-refractivity contribution >= 4 is 6.09 Å². The zero-order valence-electron chi connectivity index (χ0n) is 11.9. The van der Waals surface area contributed by atoms with Gasteiger partial charge in [-0.3, -0.25) is 0 Å². The Balaban J connectivity index is 2.53. The number of amides is 1. The Hall–Kier alpha value is -2.19. The van der Waals surface area contributed by atoms with E-state index in [-0.39, 0.29) is 18.9 Å². The van der Waals surface area contributed by atoms with Crippen LogP contribution in [0.25, 0.3) is 0 Å². The maximum Gasteiger partial charge on any atom is 0.408 e. The fourth-order valence-electron chi connectivity index (χ4n) is 1.37. The van der Waals surface area contributed by atoms with Gasteiger partial charge in [-0.05, 0) is 39.0 Å². The van der Waals surface area contributed by atoms with Crippen molar-refractivity contribution in [1.82, 2.24) is 5.32 Å². The third-order valence-corrected chi connectivity index (χ3v) is 2.20. The summed E-state index contributed by atoms with van der Waals surface area (Å²) in [6, 6.07) is 4.70. The molecule has 5 heteroatoms. The van der Waals surface area contributed by atoms with E-state index in [2.05, 4.69) is 17.2 Å². The molecule has 0 aliphatic rings. The molecule has 1 aromatic rings. The van der Waals surface area contributed by atoms with Crippen LogP contribution in [0, 0.1) is 11.8 Å². The zero-order chi connectivity index (χ0) is 15.2. The zero-order valence-corrected chi connectivity index (χ0v) is 11.9. The van der Waals surface area contributed by atoms with Crippen molar-refractivity contribution in [3.63, 3.8) is 0 Å². The highest BCUT2D eigenvalue weighted by Crippen LogP contribution is 2.17. The minimum atomic E-state index is -0.537. The minimum absolute atomic E-state index is 0.0323. The third-order valence-electron chi connectivity index (χ3n) is 2.20. The smallest absolute Gasteiger partial charge is 0.408 e. The molecule has 20 heavy (non-hydrogen) atoms. The number of alkyl carbamates (subject to hydrolysis) is 1. The fraction of sp³-hybridized carbons (Fsp3) is 0.400. The average Bonchev–Trinajstić information content (AvgIpc) is 2.34. The van der Waals surface area contributed by atoms with Gasteiger partial charge in [0.05, 0.1) is 13.2 Å². The molecule has 0 saturated carbocycles. The van der Waals surface area contributed by atoms with Crippen LogP contribution >= 0.6 is 0 Å². The summed E-state index contributed by atoms with van der Waals surface area (Å²) in [5.74, 6) is 5.62. The highest BCUT2D eigenvalue weighted by atomic mass is 16.6. The molecule has 1 rings (SSSR count). The molecule has 1 aromatic carbocycles. The summed E-state index contributed by atoms with van der Waals surface area (Å²) in [6.07, 6.45) is -0.520. The van der Waals surface area contributed by atoms with Crippen LogP contribution in [-0.2, 0) is 11.3 Å². The first kappa shape index (κ1) is 15.9. The van der Waals surface area contributed by atoms with Crippen molar-refractivity contribution in [2.45, 2.75) is 33.0 Å². The number of rotatable bonds is 2. The first-order valence-corrected chi connectivity index (χ1v) is 6.20. The molecule has 0 radical (unpaired) electrons. The van der Waals surface area contributed by atoms with Crippen LogP contribution in [0.4, 0.5) is 4.79 Å². The second-order valence-corrected chi connectivity index (χ2v) is 5.16. The van der Waals surface area contributed by atoms with E-state index in [1.165, 1.54) is 6.07 Å². The van der Waals surface area contributed by atoms with Crippen LogP contribution in [0.2, 0.25) is 0 Å². The van der Waals surface area contributed by atoms with E-state index in [0.717, 1.165) is 0 Å². The highest BCUT2D eigenvalue weighted by molar-refractivity contribution is 5.68. The highest BCUT2D eigenvalue weighted by Gasteiger charge is 2.14. The van der Waals surface area contributed by atoms with E-state index >= 15 is 0 Å². The molecule has 0 unspecified atom stereocenters. The third kappa shape index (κ3) is 5.63. The van der Waals surface area contributed by atoms with Crippen molar-refractivity contribution in [3.8, 4) is 17.6 Å². The summed E-state index contributed by atoms with van der Waals surface area (Å²) in [6.45, 7) is 5.25. The number of benzene rings is 1. The number of ether oxygens (including phenoxy) is 1. The maximum atomic E-state index is 11.3. The van der Waals surface area contributed by atoms with Gasteiger partial charge < -0.3 is 20.3 Å². The molecule has 5 nitrogen and oxygen atoms in total. The van der Waals surface area contributed by atoms with Gasteiger partial charge in [0, 0.05) is 11.1 Å². The molecule has 0 atom stereocenters. The molecule has 0 heterocycles. The Labute approximate surface area is 118 Å². The number of aliphatic hydroxyl groups excluding tert-OH is 1. The van der Waals surface area contributed by atoms with Crippen LogP contribution in [0.15, 0.2) is 18.2 Å². The molecule has 0 saturated heterocycles. The number of phenols is 1. The van der Waals surface area contributed by atoms with Crippen LogP contribution in [0.5, 0.6) is 5.75 Å². The average molecular weight is 277 g/mol. The Morgan fingerprint density at radius 3 is 2.70 bits per heavy atom. The molecule has 1 amide bonds. The summed E-state index contributed by atoms with van der Waals surface area (Å²) < 4.78 is 5.06. The van der Waals surface area contributed by atoms with E-state index in [1.807, 2.05) is 0 Å². The number of carbonyl (C=O) groups excluding carboxylic acids is 1.